The monoisotopic (exact) mass is 522 g/mol. The molecular formula is C30H38N2O6. The van der Waals surface area contributed by atoms with E-state index in [2.05, 4.69) is 41.3 Å². The smallest absolute Gasteiger partial charge is 0.410 e. The number of fused-ring (bicyclic) bond motifs is 4. The van der Waals surface area contributed by atoms with Crippen LogP contribution in [0.15, 0.2) is 54.6 Å². The number of hydrogen-bond donors (Lipinski definition) is 2. The molecule has 0 spiro atoms. The molecule has 3 saturated heterocycles. The summed E-state index contributed by atoms with van der Waals surface area (Å²) < 4.78 is 6.08. The van der Waals surface area contributed by atoms with Crippen LogP contribution in [0.1, 0.15) is 67.7 Å². The van der Waals surface area contributed by atoms with Crippen molar-refractivity contribution in [3.05, 3.63) is 71.3 Å². The lowest BCUT2D eigenvalue weighted by molar-refractivity contribution is -0.137. The van der Waals surface area contributed by atoms with Crippen molar-refractivity contribution in [3.8, 4) is 0 Å². The second-order valence-electron chi connectivity index (χ2n) is 10.4. The molecule has 38 heavy (non-hydrogen) atoms. The van der Waals surface area contributed by atoms with E-state index >= 15 is 0 Å². The van der Waals surface area contributed by atoms with E-state index in [4.69, 9.17) is 14.9 Å². The lowest BCUT2D eigenvalue weighted by Crippen LogP contribution is -2.53. The predicted octanol–water partition coefficient (Wildman–Crippen LogP) is 4.97. The molecule has 4 heterocycles. The highest BCUT2D eigenvalue weighted by Crippen LogP contribution is 2.36. The number of carboxylic acid groups (broad SMARTS) is 2. The summed E-state index contributed by atoms with van der Waals surface area (Å²) in [5.41, 5.74) is 3.70. The number of carbonyl (C=O) groups excluding carboxylic acids is 1. The molecule has 0 aliphatic carbocycles. The first-order valence-electron chi connectivity index (χ1n) is 13.7. The topological polar surface area (TPSA) is 107 Å². The zero-order chi connectivity index (χ0) is 26.9. The molecule has 2 aromatic carbocycles. The summed E-state index contributed by atoms with van der Waals surface area (Å²) in [5, 5.41) is 16.4. The van der Waals surface area contributed by atoms with Crippen LogP contribution in [-0.4, -0.2) is 70.3 Å². The summed E-state index contributed by atoms with van der Waals surface area (Å²) in [6, 6.07) is 18.8. The van der Waals surface area contributed by atoms with E-state index in [1.165, 1.54) is 11.1 Å². The zero-order valence-corrected chi connectivity index (χ0v) is 21.8. The van der Waals surface area contributed by atoms with Crippen LogP contribution in [-0.2, 0) is 20.7 Å². The van der Waals surface area contributed by atoms with E-state index in [0.717, 1.165) is 44.5 Å². The van der Waals surface area contributed by atoms with Gasteiger partial charge in [-0.3, -0.25) is 19.4 Å². The molecule has 2 N–H and O–H groups in total. The minimum atomic E-state index is -0.819. The van der Waals surface area contributed by atoms with Crippen molar-refractivity contribution >= 4 is 18.0 Å². The summed E-state index contributed by atoms with van der Waals surface area (Å²) in [4.78, 5) is 37.5. The SMILES string of the molecule is O=C(O)CCCCCC(=O)O.O=C(O[C@H]1CN2CCC1CC2)N1CCc2ccccc2[C@@H]1c1ccccc1. The fraction of sp³-hybridized carbons (Fsp3) is 0.500. The van der Waals surface area contributed by atoms with Crippen molar-refractivity contribution in [1.29, 1.82) is 0 Å². The molecule has 8 heteroatoms. The van der Waals surface area contributed by atoms with E-state index in [9.17, 15) is 14.4 Å². The van der Waals surface area contributed by atoms with Gasteiger partial charge in [0.1, 0.15) is 6.10 Å². The van der Waals surface area contributed by atoms with Crippen molar-refractivity contribution in [1.82, 2.24) is 9.80 Å². The minimum absolute atomic E-state index is 0.0496. The van der Waals surface area contributed by atoms with E-state index in [0.29, 0.717) is 31.7 Å². The molecule has 2 aromatic rings. The number of rotatable bonds is 8. The van der Waals surface area contributed by atoms with Crippen LogP contribution in [0.2, 0.25) is 0 Å². The van der Waals surface area contributed by atoms with E-state index in [1.807, 2.05) is 23.1 Å². The van der Waals surface area contributed by atoms with Gasteiger partial charge in [-0.05, 0) is 67.8 Å². The molecule has 4 aliphatic rings. The summed E-state index contributed by atoms with van der Waals surface area (Å²) in [7, 11) is 0. The van der Waals surface area contributed by atoms with Gasteiger partial charge in [0.2, 0.25) is 0 Å². The maximum absolute atomic E-state index is 13.2. The van der Waals surface area contributed by atoms with Crippen molar-refractivity contribution in [2.24, 2.45) is 5.92 Å². The third-order valence-corrected chi connectivity index (χ3v) is 7.76. The first-order chi connectivity index (χ1) is 18.4. The van der Waals surface area contributed by atoms with Crippen LogP contribution in [0.4, 0.5) is 4.79 Å². The molecule has 0 radical (unpaired) electrons. The number of benzene rings is 2. The molecule has 6 rings (SSSR count). The average Bonchev–Trinajstić information content (AvgIpc) is 2.93. The normalized spacial score (nSPS) is 23.5. The molecule has 2 atom stereocenters. The summed E-state index contributed by atoms with van der Waals surface area (Å²) in [5.74, 6) is -1.10. The van der Waals surface area contributed by atoms with Crippen LogP contribution in [0, 0.1) is 5.92 Å². The number of nitrogens with zero attached hydrogens (tertiary/aromatic N) is 2. The van der Waals surface area contributed by atoms with Crippen LogP contribution >= 0.6 is 0 Å². The lowest BCUT2D eigenvalue weighted by atomic mass is 9.86. The van der Waals surface area contributed by atoms with Gasteiger partial charge in [0.25, 0.3) is 0 Å². The molecule has 0 unspecified atom stereocenters. The summed E-state index contributed by atoms with van der Waals surface area (Å²) in [6.45, 7) is 3.91. The number of unbranched alkanes of at least 4 members (excludes halogenated alkanes) is 2. The Morgan fingerprint density at radius 3 is 2.05 bits per heavy atom. The highest BCUT2D eigenvalue weighted by Gasteiger charge is 2.39. The second-order valence-corrected chi connectivity index (χ2v) is 10.4. The Morgan fingerprint density at radius 1 is 0.816 bits per heavy atom. The standard InChI is InChI=1S/C23H26N2O2.C7H12O4/c26-23(27-21-16-24-13-10-18(21)11-14-24)25-15-12-17-6-4-5-9-20(17)22(25)19-7-2-1-3-8-19;8-6(9)4-2-1-3-5-7(10)11/h1-9,18,21-22H,10-16H2;1-5H2,(H,8,9)(H,10,11)/t21-,22-;/m0./s1. The van der Waals surface area contributed by atoms with E-state index in [1.54, 1.807) is 0 Å². The van der Waals surface area contributed by atoms with Gasteiger partial charge in [0.15, 0.2) is 0 Å². The Hall–Kier alpha value is -3.39. The van der Waals surface area contributed by atoms with Gasteiger partial charge < -0.3 is 14.9 Å². The maximum atomic E-state index is 13.2. The number of ether oxygens (including phenoxy) is 1. The summed E-state index contributed by atoms with van der Waals surface area (Å²) in [6.07, 6.45) is 5.19. The third kappa shape index (κ3) is 7.34. The van der Waals surface area contributed by atoms with E-state index in [-0.39, 0.29) is 31.1 Å². The van der Waals surface area contributed by atoms with Crippen molar-refractivity contribution < 1.29 is 29.3 Å². The van der Waals surface area contributed by atoms with Gasteiger partial charge >= 0.3 is 18.0 Å². The molecule has 2 bridgehead atoms. The Bertz CT molecular complexity index is 1070. The van der Waals surface area contributed by atoms with Gasteiger partial charge in [0.05, 0.1) is 6.04 Å². The van der Waals surface area contributed by atoms with Crippen LogP contribution in [0.5, 0.6) is 0 Å². The maximum Gasteiger partial charge on any atom is 0.410 e. The number of carboxylic acids is 2. The van der Waals surface area contributed by atoms with E-state index < -0.39 is 11.9 Å². The molecular weight excluding hydrogens is 484 g/mol. The quantitative estimate of drug-likeness (QED) is 0.471. The van der Waals surface area contributed by atoms with Gasteiger partial charge in [0, 0.05) is 25.9 Å². The van der Waals surface area contributed by atoms with Gasteiger partial charge in [-0.1, -0.05) is 61.0 Å². The second kappa shape index (κ2) is 13.4. The molecule has 1 amide bonds. The number of carbonyl (C=O) groups is 3. The lowest BCUT2D eigenvalue weighted by Gasteiger charge is -2.45. The molecule has 3 fully saturated rings. The van der Waals surface area contributed by atoms with Gasteiger partial charge in [-0.25, -0.2) is 4.79 Å². The molecule has 204 valence electrons. The molecule has 0 saturated carbocycles. The fourth-order valence-corrected chi connectivity index (χ4v) is 5.73. The first kappa shape index (κ1) is 27.6. The Kier molecular flexibility index (Phi) is 9.76. The third-order valence-electron chi connectivity index (χ3n) is 7.76. The number of hydrogen-bond acceptors (Lipinski definition) is 5. The molecule has 8 nitrogen and oxygen atoms in total. The van der Waals surface area contributed by atoms with Crippen LogP contribution in [0.25, 0.3) is 0 Å². The largest absolute Gasteiger partial charge is 0.481 e. The fourth-order valence-electron chi connectivity index (χ4n) is 5.73. The van der Waals surface area contributed by atoms with Crippen molar-refractivity contribution in [2.75, 3.05) is 26.2 Å². The number of aliphatic carboxylic acids is 2. The van der Waals surface area contributed by atoms with Crippen LogP contribution in [0.3, 0.4) is 0 Å². The van der Waals surface area contributed by atoms with Crippen molar-refractivity contribution in [2.45, 2.75) is 63.5 Å². The Balaban J connectivity index is 0.000000261. The average molecular weight is 523 g/mol. The number of piperidine rings is 3. The molecule has 0 aromatic heterocycles. The molecule has 4 aliphatic heterocycles. The van der Waals surface area contributed by atoms with Crippen molar-refractivity contribution in [3.63, 3.8) is 0 Å². The van der Waals surface area contributed by atoms with Gasteiger partial charge in [-0.15, -0.1) is 0 Å². The first-order valence-corrected chi connectivity index (χ1v) is 13.7. The summed E-state index contributed by atoms with van der Waals surface area (Å²) >= 11 is 0. The van der Waals surface area contributed by atoms with Gasteiger partial charge in [-0.2, -0.15) is 0 Å². The number of amides is 1. The van der Waals surface area contributed by atoms with Crippen LogP contribution < -0.4 is 0 Å². The Morgan fingerprint density at radius 2 is 1.45 bits per heavy atom. The zero-order valence-electron chi connectivity index (χ0n) is 21.8. The highest BCUT2D eigenvalue weighted by atomic mass is 16.6. The highest BCUT2D eigenvalue weighted by molar-refractivity contribution is 5.70. The predicted molar refractivity (Wildman–Crippen MR) is 143 cm³/mol. The minimum Gasteiger partial charge on any atom is -0.481 e. The Labute approximate surface area is 224 Å².